The molecule has 1 heterocycles. The van der Waals surface area contributed by atoms with Crippen LogP contribution in [0, 0.1) is 0 Å². The lowest BCUT2D eigenvalue weighted by molar-refractivity contribution is -0.136. The van der Waals surface area contributed by atoms with Gasteiger partial charge in [0.15, 0.2) is 21.3 Å². The minimum Gasteiger partial charge on any atom is -0.486 e. The molecule has 2 rings (SSSR count). The molecule has 0 spiro atoms. The minimum atomic E-state index is -3.59. The lowest BCUT2D eigenvalue weighted by Crippen LogP contribution is -2.19. The Labute approximate surface area is 104 Å². The standard InChI is InChI=1S/C11H12O6S/c1-18(14,15)11-7(6-9(12)13)2-3-8-10(11)17-5-4-16-8/h2-3H,4-6H2,1H3,(H,12,13). The van der Waals surface area contributed by atoms with Crippen LogP contribution in [0.3, 0.4) is 0 Å². The first-order chi connectivity index (χ1) is 8.39. The third kappa shape index (κ3) is 2.40. The first kappa shape index (κ1) is 12.7. The third-order valence-corrected chi connectivity index (χ3v) is 3.65. The summed E-state index contributed by atoms with van der Waals surface area (Å²) in [6.07, 6.45) is 0.644. The number of aliphatic carboxylic acids is 1. The monoisotopic (exact) mass is 272 g/mol. The van der Waals surface area contributed by atoms with Gasteiger partial charge in [0, 0.05) is 6.26 Å². The van der Waals surface area contributed by atoms with E-state index in [1.807, 2.05) is 0 Å². The van der Waals surface area contributed by atoms with Gasteiger partial charge < -0.3 is 14.6 Å². The molecule has 1 aliphatic heterocycles. The molecule has 0 amide bonds. The van der Waals surface area contributed by atoms with Gasteiger partial charge in [-0.15, -0.1) is 0 Å². The van der Waals surface area contributed by atoms with Gasteiger partial charge in [-0.1, -0.05) is 6.07 Å². The number of fused-ring (bicyclic) bond motifs is 1. The quantitative estimate of drug-likeness (QED) is 0.861. The SMILES string of the molecule is CS(=O)(=O)c1c(CC(=O)O)ccc2c1OCCO2. The van der Waals surface area contributed by atoms with Crippen molar-refractivity contribution >= 4 is 15.8 Å². The van der Waals surface area contributed by atoms with Gasteiger partial charge in [-0.05, 0) is 11.6 Å². The Balaban J connectivity index is 2.65. The van der Waals surface area contributed by atoms with E-state index in [0.29, 0.717) is 12.4 Å². The largest absolute Gasteiger partial charge is 0.486 e. The molecule has 0 radical (unpaired) electrons. The number of hydrogen-bond donors (Lipinski definition) is 1. The first-order valence-corrected chi connectivity index (χ1v) is 7.12. The van der Waals surface area contributed by atoms with E-state index in [1.165, 1.54) is 12.1 Å². The number of carboxylic acids is 1. The van der Waals surface area contributed by atoms with Gasteiger partial charge in [-0.25, -0.2) is 8.42 Å². The Kier molecular flexibility index (Phi) is 3.16. The van der Waals surface area contributed by atoms with Crippen LogP contribution in [-0.2, 0) is 21.1 Å². The summed E-state index contributed by atoms with van der Waals surface area (Å²) in [5, 5.41) is 8.79. The molecule has 0 saturated carbocycles. The van der Waals surface area contributed by atoms with Crippen molar-refractivity contribution in [2.75, 3.05) is 19.5 Å². The molecule has 1 N–H and O–H groups in total. The Morgan fingerprint density at radius 1 is 1.33 bits per heavy atom. The summed E-state index contributed by atoms with van der Waals surface area (Å²) in [7, 11) is -3.59. The van der Waals surface area contributed by atoms with Crippen molar-refractivity contribution in [1.29, 1.82) is 0 Å². The van der Waals surface area contributed by atoms with Crippen molar-refractivity contribution in [2.45, 2.75) is 11.3 Å². The van der Waals surface area contributed by atoms with E-state index < -0.39 is 15.8 Å². The fourth-order valence-electron chi connectivity index (χ4n) is 1.84. The number of carboxylic acid groups (broad SMARTS) is 1. The second kappa shape index (κ2) is 4.49. The molecule has 1 aromatic carbocycles. The minimum absolute atomic E-state index is 0.0953. The first-order valence-electron chi connectivity index (χ1n) is 5.23. The van der Waals surface area contributed by atoms with Gasteiger partial charge in [-0.2, -0.15) is 0 Å². The zero-order chi connectivity index (χ0) is 13.3. The molecule has 1 aliphatic rings. The molecule has 6 nitrogen and oxygen atoms in total. The van der Waals surface area contributed by atoms with E-state index in [1.54, 1.807) is 0 Å². The second-order valence-electron chi connectivity index (χ2n) is 3.92. The zero-order valence-electron chi connectivity index (χ0n) is 9.67. The highest BCUT2D eigenvalue weighted by Crippen LogP contribution is 2.39. The molecule has 98 valence electrons. The molecule has 0 fully saturated rings. The number of benzene rings is 1. The molecule has 18 heavy (non-hydrogen) atoms. The molecular weight excluding hydrogens is 260 g/mol. The highest BCUT2D eigenvalue weighted by atomic mass is 32.2. The third-order valence-electron chi connectivity index (χ3n) is 2.46. The van der Waals surface area contributed by atoms with Crippen LogP contribution in [0.4, 0.5) is 0 Å². The highest BCUT2D eigenvalue weighted by molar-refractivity contribution is 7.90. The van der Waals surface area contributed by atoms with Crippen molar-refractivity contribution < 1.29 is 27.8 Å². The Morgan fingerprint density at radius 3 is 2.61 bits per heavy atom. The number of ether oxygens (including phenoxy) is 2. The van der Waals surface area contributed by atoms with E-state index in [2.05, 4.69) is 0 Å². The summed E-state index contributed by atoms with van der Waals surface area (Å²) in [6, 6.07) is 2.97. The van der Waals surface area contributed by atoms with Gasteiger partial charge in [-0.3, -0.25) is 4.79 Å². The summed E-state index contributed by atoms with van der Waals surface area (Å²) in [5.74, 6) is -0.658. The molecule has 0 aromatic heterocycles. The summed E-state index contributed by atoms with van der Waals surface area (Å²) >= 11 is 0. The summed E-state index contributed by atoms with van der Waals surface area (Å²) in [4.78, 5) is 10.7. The molecule has 7 heteroatoms. The second-order valence-corrected chi connectivity index (χ2v) is 5.87. The van der Waals surface area contributed by atoms with Crippen LogP contribution >= 0.6 is 0 Å². The van der Waals surface area contributed by atoms with E-state index in [-0.39, 0.29) is 29.2 Å². The van der Waals surface area contributed by atoms with Crippen molar-refractivity contribution in [3.8, 4) is 11.5 Å². The molecule has 0 atom stereocenters. The Morgan fingerprint density at radius 2 is 2.00 bits per heavy atom. The summed E-state index contributed by atoms with van der Waals surface area (Å²) in [5.41, 5.74) is 0.203. The molecular formula is C11H12O6S. The normalized spacial score (nSPS) is 14.3. The van der Waals surface area contributed by atoms with Crippen molar-refractivity contribution in [1.82, 2.24) is 0 Å². The topological polar surface area (TPSA) is 89.9 Å². The van der Waals surface area contributed by atoms with Gasteiger partial charge in [0.25, 0.3) is 0 Å². The molecule has 0 bridgehead atoms. The molecule has 0 aliphatic carbocycles. The van der Waals surface area contributed by atoms with Crippen LogP contribution < -0.4 is 9.47 Å². The van der Waals surface area contributed by atoms with Gasteiger partial charge in [0.05, 0.1) is 6.42 Å². The van der Waals surface area contributed by atoms with Crippen LogP contribution in [0.25, 0.3) is 0 Å². The highest BCUT2D eigenvalue weighted by Gasteiger charge is 2.26. The number of hydrogen-bond acceptors (Lipinski definition) is 5. The van der Waals surface area contributed by atoms with E-state index in [0.717, 1.165) is 6.26 Å². The van der Waals surface area contributed by atoms with E-state index in [4.69, 9.17) is 14.6 Å². The summed E-state index contributed by atoms with van der Waals surface area (Å²) in [6.45, 7) is 0.584. The summed E-state index contributed by atoms with van der Waals surface area (Å²) < 4.78 is 34.1. The Hall–Kier alpha value is -1.76. The zero-order valence-corrected chi connectivity index (χ0v) is 10.5. The van der Waals surface area contributed by atoms with Crippen LogP contribution in [0.5, 0.6) is 11.5 Å². The van der Waals surface area contributed by atoms with E-state index in [9.17, 15) is 13.2 Å². The molecule has 1 aromatic rings. The number of rotatable bonds is 3. The fourth-order valence-corrected chi connectivity index (χ4v) is 2.95. The van der Waals surface area contributed by atoms with Crippen molar-refractivity contribution in [2.24, 2.45) is 0 Å². The number of sulfone groups is 1. The average molecular weight is 272 g/mol. The Bertz CT molecular complexity index is 590. The predicted molar refractivity (Wildman–Crippen MR) is 61.9 cm³/mol. The smallest absolute Gasteiger partial charge is 0.307 e. The average Bonchev–Trinajstić information content (AvgIpc) is 2.26. The van der Waals surface area contributed by atoms with Gasteiger partial charge >= 0.3 is 5.97 Å². The van der Waals surface area contributed by atoms with Crippen LogP contribution in [0.1, 0.15) is 5.56 Å². The number of carbonyl (C=O) groups is 1. The fraction of sp³-hybridized carbons (Fsp3) is 0.364. The lowest BCUT2D eigenvalue weighted by atomic mass is 10.1. The maximum Gasteiger partial charge on any atom is 0.307 e. The lowest BCUT2D eigenvalue weighted by Gasteiger charge is -2.22. The predicted octanol–water partition coefficient (Wildman–Crippen LogP) is 0.488. The molecule has 0 saturated heterocycles. The van der Waals surface area contributed by atoms with Crippen molar-refractivity contribution in [3.63, 3.8) is 0 Å². The maximum absolute atomic E-state index is 11.8. The maximum atomic E-state index is 11.8. The van der Waals surface area contributed by atoms with Crippen molar-refractivity contribution in [3.05, 3.63) is 17.7 Å². The molecule has 0 unspecified atom stereocenters. The van der Waals surface area contributed by atoms with Gasteiger partial charge in [0.2, 0.25) is 0 Å². The van der Waals surface area contributed by atoms with Crippen LogP contribution in [0.2, 0.25) is 0 Å². The van der Waals surface area contributed by atoms with E-state index >= 15 is 0 Å². The van der Waals surface area contributed by atoms with Crippen LogP contribution in [0.15, 0.2) is 17.0 Å². The van der Waals surface area contributed by atoms with Gasteiger partial charge in [0.1, 0.15) is 18.1 Å². The van der Waals surface area contributed by atoms with Crippen LogP contribution in [-0.4, -0.2) is 39.0 Å².